The molecule has 0 aliphatic carbocycles. The van der Waals surface area contributed by atoms with Crippen molar-refractivity contribution in [3.05, 3.63) is 21.0 Å². The van der Waals surface area contributed by atoms with E-state index in [4.69, 9.17) is 9.47 Å². The average molecular weight is 316 g/mol. The highest BCUT2D eigenvalue weighted by Crippen LogP contribution is 2.56. The summed E-state index contributed by atoms with van der Waals surface area (Å²) in [5.41, 5.74) is 0. The molecule has 0 atom stereocenters. The van der Waals surface area contributed by atoms with Crippen molar-refractivity contribution in [2.75, 3.05) is 14.2 Å². The van der Waals surface area contributed by atoms with Gasteiger partial charge in [-0.3, -0.25) is 4.79 Å². The van der Waals surface area contributed by atoms with Gasteiger partial charge in [0.05, 0.1) is 32.4 Å². The molecule has 0 fully saturated rings. The first kappa shape index (κ1) is 12.4. The molecule has 0 saturated heterocycles. The van der Waals surface area contributed by atoms with Crippen LogP contribution >= 0.6 is 46.2 Å². The SMILES string of the molecule is COc1ccc(OC)c2c1Sc1sc(=O)sc1S2. The summed E-state index contributed by atoms with van der Waals surface area (Å²) in [5.74, 6) is 1.64. The van der Waals surface area contributed by atoms with Gasteiger partial charge in [-0.25, -0.2) is 0 Å². The lowest BCUT2D eigenvalue weighted by molar-refractivity contribution is 0.384. The molecule has 2 aromatic rings. The standard InChI is InChI=1S/C11H8O3S4/c1-13-5-3-4-6(14-2)8-7(5)15-9-10(16-8)18-11(12)17-9/h3-4H,1-2H3. The van der Waals surface area contributed by atoms with Gasteiger partial charge < -0.3 is 9.47 Å². The van der Waals surface area contributed by atoms with Gasteiger partial charge in [0.25, 0.3) is 4.06 Å². The van der Waals surface area contributed by atoms with E-state index in [1.165, 1.54) is 22.7 Å². The molecule has 3 rings (SSSR count). The fraction of sp³-hybridized carbons (Fsp3) is 0.182. The fourth-order valence-electron chi connectivity index (χ4n) is 1.61. The second kappa shape index (κ2) is 4.80. The van der Waals surface area contributed by atoms with E-state index in [1.54, 1.807) is 37.7 Å². The highest BCUT2D eigenvalue weighted by molar-refractivity contribution is 8.07. The number of fused-ring (bicyclic) bond motifs is 2. The number of hydrogen-bond acceptors (Lipinski definition) is 7. The van der Waals surface area contributed by atoms with Gasteiger partial charge in [0.1, 0.15) is 11.5 Å². The molecule has 0 saturated carbocycles. The number of methoxy groups -OCH3 is 2. The van der Waals surface area contributed by atoms with Crippen LogP contribution in [-0.2, 0) is 0 Å². The highest BCUT2D eigenvalue weighted by Gasteiger charge is 2.26. The van der Waals surface area contributed by atoms with E-state index < -0.39 is 0 Å². The molecular formula is C11H8O3S4. The predicted octanol–water partition coefficient (Wildman–Crippen LogP) is 3.80. The van der Waals surface area contributed by atoms with Gasteiger partial charge in [-0.15, -0.1) is 0 Å². The molecule has 1 aromatic heterocycles. The number of benzene rings is 1. The molecule has 7 heteroatoms. The number of hydrogen-bond donors (Lipinski definition) is 0. The minimum absolute atomic E-state index is 0.130. The molecule has 94 valence electrons. The first-order valence-electron chi connectivity index (χ1n) is 4.97. The summed E-state index contributed by atoms with van der Waals surface area (Å²) in [5, 5.41) is 0. The van der Waals surface area contributed by atoms with E-state index in [1.807, 2.05) is 12.1 Å². The molecule has 0 bridgehead atoms. The lowest BCUT2D eigenvalue weighted by Crippen LogP contribution is -1.95. The predicted molar refractivity (Wildman–Crippen MR) is 76.3 cm³/mol. The van der Waals surface area contributed by atoms with Crippen molar-refractivity contribution in [1.82, 2.24) is 0 Å². The Morgan fingerprint density at radius 2 is 1.33 bits per heavy atom. The van der Waals surface area contributed by atoms with Crippen molar-refractivity contribution in [3.63, 3.8) is 0 Å². The molecule has 0 N–H and O–H groups in total. The quantitative estimate of drug-likeness (QED) is 0.718. The molecule has 18 heavy (non-hydrogen) atoms. The third-order valence-corrected chi connectivity index (χ3v) is 7.64. The molecule has 0 radical (unpaired) electrons. The molecular weight excluding hydrogens is 308 g/mol. The van der Waals surface area contributed by atoms with Crippen molar-refractivity contribution >= 4 is 46.2 Å². The van der Waals surface area contributed by atoms with Crippen molar-refractivity contribution in [3.8, 4) is 11.5 Å². The van der Waals surface area contributed by atoms with Crippen LogP contribution in [0.2, 0.25) is 0 Å². The lowest BCUT2D eigenvalue weighted by Gasteiger charge is -2.19. The molecule has 3 nitrogen and oxygen atoms in total. The summed E-state index contributed by atoms with van der Waals surface area (Å²) in [6.07, 6.45) is 0. The Morgan fingerprint density at radius 3 is 1.72 bits per heavy atom. The van der Waals surface area contributed by atoms with Crippen molar-refractivity contribution in [2.24, 2.45) is 0 Å². The minimum Gasteiger partial charge on any atom is -0.496 e. The van der Waals surface area contributed by atoms with Gasteiger partial charge in [0.15, 0.2) is 0 Å². The molecule has 0 unspecified atom stereocenters. The van der Waals surface area contributed by atoms with Gasteiger partial charge in [-0.05, 0) is 12.1 Å². The number of rotatable bonds is 2. The van der Waals surface area contributed by atoms with Crippen LogP contribution in [-0.4, -0.2) is 14.2 Å². The van der Waals surface area contributed by atoms with Crippen LogP contribution in [0.4, 0.5) is 0 Å². The Kier molecular flexibility index (Phi) is 3.31. The summed E-state index contributed by atoms with van der Waals surface area (Å²) in [6, 6.07) is 3.79. The van der Waals surface area contributed by atoms with Crippen LogP contribution in [0.5, 0.6) is 11.5 Å². The summed E-state index contributed by atoms with van der Waals surface area (Å²) < 4.78 is 13.0. The van der Waals surface area contributed by atoms with Gasteiger partial charge in [-0.2, -0.15) is 0 Å². The molecule has 0 amide bonds. The van der Waals surface area contributed by atoms with E-state index in [0.717, 1.165) is 29.7 Å². The zero-order valence-corrected chi connectivity index (χ0v) is 12.8. The first-order chi connectivity index (χ1) is 8.72. The van der Waals surface area contributed by atoms with E-state index in [2.05, 4.69) is 0 Å². The number of ether oxygens (including phenoxy) is 2. The van der Waals surface area contributed by atoms with Gasteiger partial charge in [-0.1, -0.05) is 46.2 Å². The second-order valence-electron chi connectivity index (χ2n) is 3.36. The maximum Gasteiger partial charge on any atom is 0.289 e. The van der Waals surface area contributed by atoms with E-state index >= 15 is 0 Å². The minimum atomic E-state index is 0.130. The fourth-order valence-corrected chi connectivity index (χ4v) is 7.03. The van der Waals surface area contributed by atoms with Gasteiger partial charge in [0, 0.05) is 0 Å². The van der Waals surface area contributed by atoms with E-state index in [-0.39, 0.29) is 4.06 Å². The van der Waals surface area contributed by atoms with Crippen LogP contribution in [0.15, 0.2) is 35.1 Å². The maximum absolute atomic E-state index is 11.5. The Labute approximate surface area is 120 Å². The summed E-state index contributed by atoms with van der Waals surface area (Å²) >= 11 is 5.76. The van der Waals surface area contributed by atoms with Crippen LogP contribution in [0.25, 0.3) is 0 Å². The Morgan fingerprint density at radius 1 is 0.889 bits per heavy atom. The van der Waals surface area contributed by atoms with Crippen molar-refractivity contribution < 1.29 is 9.47 Å². The van der Waals surface area contributed by atoms with E-state index in [9.17, 15) is 4.79 Å². The third-order valence-electron chi connectivity index (χ3n) is 2.39. The zero-order valence-electron chi connectivity index (χ0n) is 9.51. The monoisotopic (exact) mass is 316 g/mol. The normalized spacial score (nSPS) is 12.8. The molecule has 2 heterocycles. The van der Waals surface area contributed by atoms with Crippen molar-refractivity contribution in [1.29, 1.82) is 0 Å². The van der Waals surface area contributed by atoms with E-state index in [0.29, 0.717) is 0 Å². The Hall–Kier alpha value is -0.630. The summed E-state index contributed by atoms with van der Waals surface area (Å²) in [4.78, 5) is 13.5. The molecule has 0 spiro atoms. The van der Waals surface area contributed by atoms with Crippen molar-refractivity contribution in [2.45, 2.75) is 18.2 Å². The first-order valence-corrected chi connectivity index (χ1v) is 8.24. The highest BCUT2D eigenvalue weighted by atomic mass is 32.2. The maximum atomic E-state index is 11.5. The lowest BCUT2D eigenvalue weighted by atomic mass is 10.3. The smallest absolute Gasteiger partial charge is 0.289 e. The third kappa shape index (κ3) is 1.95. The van der Waals surface area contributed by atoms with Crippen LogP contribution in [0, 0.1) is 0 Å². The Balaban J connectivity index is 2.18. The Bertz CT molecular complexity index is 605. The molecule has 1 aliphatic heterocycles. The van der Waals surface area contributed by atoms with Crippen LogP contribution < -0.4 is 13.5 Å². The van der Waals surface area contributed by atoms with Crippen LogP contribution in [0.1, 0.15) is 0 Å². The van der Waals surface area contributed by atoms with Gasteiger partial charge in [0.2, 0.25) is 0 Å². The largest absolute Gasteiger partial charge is 0.496 e. The molecule has 1 aromatic carbocycles. The van der Waals surface area contributed by atoms with Crippen LogP contribution in [0.3, 0.4) is 0 Å². The molecule has 1 aliphatic rings. The van der Waals surface area contributed by atoms with Gasteiger partial charge >= 0.3 is 0 Å². The average Bonchev–Trinajstić information content (AvgIpc) is 2.73. The topological polar surface area (TPSA) is 35.5 Å². The second-order valence-corrected chi connectivity index (χ2v) is 8.14. The summed E-state index contributed by atoms with van der Waals surface area (Å²) in [6.45, 7) is 0. The zero-order chi connectivity index (χ0) is 12.7. The summed E-state index contributed by atoms with van der Waals surface area (Å²) in [7, 11) is 3.30.